The molecule has 158 valence electrons. The lowest BCUT2D eigenvalue weighted by atomic mass is 9.99. The Balaban J connectivity index is 1.55. The Hall–Kier alpha value is -2.04. The van der Waals surface area contributed by atoms with Gasteiger partial charge in [-0.3, -0.25) is 4.90 Å². The summed E-state index contributed by atoms with van der Waals surface area (Å²) in [6.45, 7) is 20.7. The van der Waals surface area contributed by atoms with E-state index in [2.05, 4.69) is 92.3 Å². The Morgan fingerprint density at radius 1 is 1.14 bits per heavy atom. The van der Waals surface area contributed by atoms with E-state index >= 15 is 0 Å². The standard InChI is InChI=1S/C25H38N4/c1-19(2)24(21(4)17-26-27-25(6)10-11-25)22(5)29-14-12-28(13-15-29)18-23-9-7-8-20(3)16-23/h7-9,16-17,26-27H,5,10-15,18H2,1-4,6H3/b21-17+. The molecule has 1 aromatic carbocycles. The fraction of sp³-hybridized carbons (Fsp3) is 0.520. The van der Waals surface area contributed by atoms with Gasteiger partial charge in [0.2, 0.25) is 0 Å². The van der Waals surface area contributed by atoms with E-state index in [0.29, 0.717) is 0 Å². The Morgan fingerprint density at radius 2 is 1.83 bits per heavy atom. The summed E-state index contributed by atoms with van der Waals surface area (Å²) in [6, 6.07) is 8.85. The number of hydrogen-bond donors (Lipinski definition) is 2. The molecule has 0 unspecified atom stereocenters. The van der Waals surface area contributed by atoms with Crippen LogP contribution in [0.5, 0.6) is 0 Å². The third-order valence-corrected chi connectivity index (χ3v) is 6.09. The van der Waals surface area contributed by atoms with Crippen LogP contribution in [0.4, 0.5) is 0 Å². The third-order valence-electron chi connectivity index (χ3n) is 6.09. The second-order valence-corrected chi connectivity index (χ2v) is 9.23. The lowest BCUT2D eigenvalue weighted by Crippen LogP contribution is -2.45. The van der Waals surface area contributed by atoms with Gasteiger partial charge in [-0.25, -0.2) is 5.43 Å². The van der Waals surface area contributed by atoms with Crippen LogP contribution in [0, 0.1) is 6.92 Å². The van der Waals surface area contributed by atoms with E-state index in [1.807, 2.05) is 0 Å². The minimum absolute atomic E-state index is 0.270. The maximum atomic E-state index is 4.47. The maximum Gasteiger partial charge on any atom is 0.0370 e. The van der Waals surface area contributed by atoms with E-state index in [-0.39, 0.29) is 5.54 Å². The zero-order valence-electron chi connectivity index (χ0n) is 18.9. The van der Waals surface area contributed by atoms with E-state index in [9.17, 15) is 0 Å². The van der Waals surface area contributed by atoms with Gasteiger partial charge in [-0.15, -0.1) is 0 Å². The highest BCUT2D eigenvalue weighted by Gasteiger charge is 2.36. The molecule has 1 aromatic rings. The molecule has 0 amide bonds. The Morgan fingerprint density at radius 3 is 2.41 bits per heavy atom. The molecule has 4 heteroatoms. The number of hydrogen-bond acceptors (Lipinski definition) is 4. The van der Waals surface area contributed by atoms with Gasteiger partial charge in [0.1, 0.15) is 0 Å². The number of hydrazine groups is 1. The quantitative estimate of drug-likeness (QED) is 0.502. The summed E-state index contributed by atoms with van der Waals surface area (Å²) in [7, 11) is 0. The highest BCUT2D eigenvalue weighted by molar-refractivity contribution is 5.46. The molecule has 29 heavy (non-hydrogen) atoms. The molecule has 2 aliphatic rings. The van der Waals surface area contributed by atoms with Crippen molar-refractivity contribution < 1.29 is 0 Å². The van der Waals surface area contributed by atoms with Crippen molar-refractivity contribution in [3.05, 3.63) is 70.6 Å². The lowest BCUT2D eigenvalue weighted by molar-refractivity contribution is 0.155. The molecule has 0 aromatic heterocycles. The number of piperazine rings is 1. The number of benzene rings is 1. The van der Waals surface area contributed by atoms with Gasteiger partial charge in [0.15, 0.2) is 0 Å². The second kappa shape index (κ2) is 9.19. The van der Waals surface area contributed by atoms with Crippen LogP contribution in [-0.4, -0.2) is 41.5 Å². The first-order chi connectivity index (χ1) is 13.8. The molecule has 4 nitrogen and oxygen atoms in total. The molecule has 2 N–H and O–H groups in total. The van der Waals surface area contributed by atoms with Gasteiger partial charge >= 0.3 is 0 Å². The highest BCUT2D eigenvalue weighted by atomic mass is 15.4. The lowest BCUT2D eigenvalue weighted by Gasteiger charge is -2.38. The third kappa shape index (κ3) is 5.97. The fourth-order valence-electron chi connectivity index (χ4n) is 4.02. The van der Waals surface area contributed by atoms with Crippen LogP contribution in [0.1, 0.15) is 51.7 Å². The number of allylic oxidation sites excluding steroid dienone is 2. The van der Waals surface area contributed by atoms with Crippen molar-refractivity contribution in [2.75, 3.05) is 26.2 Å². The average molecular weight is 395 g/mol. The second-order valence-electron chi connectivity index (χ2n) is 9.23. The predicted molar refractivity (Wildman–Crippen MR) is 123 cm³/mol. The molecule has 0 spiro atoms. The van der Waals surface area contributed by atoms with Crippen LogP contribution < -0.4 is 10.9 Å². The molecule has 1 saturated carbocycles. The molecule has 1 aliphatic heterocycles. The highest BCUT2D eigenvalue weighted by Crippen LogP contribution is 2.33. The van der Waals surface area contributed by atoms with Crippen molar-refractivity contribution in [2.45, 2.75) is 59.5 Å². The number of nitrogens with one attached hydrogen (secondary N) is 2. The van der Waals surface area contributed by atoms with Gasteiger partial charge in [0.05, 0.1) is 0 Å². The van der Waals surface area contributed by atoms with Crippen LogP contribution >= 0.6 is 0 Å². The summed E-state index contributed by atoms with van der Waals surface area (Å²) >= 11 is 0. The predicted octanol–water partition coefficient (Wildman–Crippen LogP) is 4.51. The number of nitrogens with zero attached hydrogens (tertiary/aromatic N) is 2. The topological polar surface area (TPSA) is 30.5 Å². The Bertz CT molecular complexity index is 789. The van der Waals surface area contributed by atoms with Crippen LogP contribution in [0.25, 0.3) is 0 Å². The summed E-state index contributed by atoms with van der Waals surface area (Å²) in [5, 5.41) is 0. The molecular weight excluding hydrogens is 356 g/mol. The van der Waals surface area contributed by atoms with E-state index in [0.717, 1.165) is 38.4 Å². The zero-order chi connectivity index (χ0) is 21.0. The van der Waals surface area contributed by atoms with Crippen LogP contribution in [0.2, 0.25) is 0 Å². The van der Waals surface area contributed by atoms with Crippen molar-refractivity contribution in [2.24, 2.45) is 0 Å². The van der Waals surface area contributed by atoms with Crippen molar-refractivity contribution in [1.29, 1.82) is 0 Å². The van der Waals surface area contributed by atoms with Gasteiger partial charge in [-0.05, 0) is 58.6 Å². The number of aryl methyl sites for hydroxylation is 1. The molecule has 1 saturated heterocycles. The van der Waals surface area contributed by atoms with Crippen molar-refractivity contribution in [3.63, 3.8) is 0 Å². The molecule has 1 aliphatic carbocycles. The summed E-state index contributed by atoms with van der Waals surface area (Å²) in [5.41, 5.74) is 14.7. The van der Waals surface area contributed by atoms with Gasteiger partial charge in [0, 0.05) is 55.7 Å². The molecule has 0 bridgehead atoms. The summed E-state index contributed by atoms with van der Waals surface area (Å²) in [4.78, 5) is 4.99. The van der Waals surface area contributed by atoms with E-state index in [1.165, 1.54) is 40.7 Å². The first-order valence-electron chi connectivity index (χ1n) is 10.9. The van der Waals surface area contributed by atoms with Gasteiger partial charge < -0.3 is 10.3 Å². The SMILES string of the molecule is C=C(C(=C(C)C)/C(C)=C/NNC1(C)CC1)N1CCN(Cc2cccc(C)c2)CC1. The minimum Gasteiger partial charge on any atom is -0.369 e. The summed E-state index contributed by atoms with van der Waals surface area (Å²) in [6.07, 6.45) is 4.56. The summed E-state index contributed by atoms with van der Waals surface area (Å²) in [5.74, 6) is 0. The Kier molecular flexibility index (Phi) is 6.86. The molecule has 1 heterocycles. The molecule has 0 atom stereocenters. The van der Waals surface area contributed by atoms with Crippen molar-refractivity contribution in [3.8, 4) is 0 Å². The zero-order valence-corrected chi connectivity index (χ0v) is 18.9. The van der Waals surface area contributed by atoms with Gasteiger partial charge in [0.25, 0.3) is 0 Å². The normalized spacial score (nSPS) is 19.1. The van der Waals surface area contributed by atoms with Crippen molar-refractivity contribution in [1.82, 2.24) is 20.7 Å². The smallest absolute Gasteiger partial charge is 0.0370 e. The van der Waals surface area contributed by atoms with Crippen LogP contribution in [0.3, 0.4) is 0 Å². The first kappa shape index (κ1) is 21.7. The Labute approximate surface area is 177 Å². The minimum atomic E-state index is 0.270. The number of rotatable bonds is 8. The molecule has 3 rings (SSSR count). The van der Waals surface area contributed by atoms with E-state index in [1.54, 1.807) is 0 Å². The fourth-order valence-corrected chi connectivity index (χ4v) is 4.02. The van der Waals surface area contributed by atoms with Gasteiger partial charge in [-0.2, -0.15) is 0 Å². The maximum absolute atomic E-state index is 4.47. The molecule has 0 radical (unpaired) electrons. The largest absolute Gasteiger partial charge is 0.369 e. The van der Waals surface area contributed by atoms with Crippen LogP contribution in [0.15, 0.2) is 59.5 Å². The van der Waals surface area contributed by atoms with E-state index < -0.39 is 0 Å². The summed E-state index contributed by atoms with van der Waals surface area (Å²) < 4.78 is 0. The first-order valence-corrected chi connectivity index (χ1v) is 10.9. The van der Waals surface area contributed by atoms with Gasteiger partial charge in [-0.1, -0.05) is 42.0 Å². The molecular formula is C25H38N4. The monoisotopic (exact) mass is 394 g/mol. The van der Waals surface area contributed by atoms with Crippen LogP contribution in [-0.2, 0) is 6.54 Å². The van der Waals surface area contributed by atoms with Crippen molar-refractivity contribution >= 4 is 0 Å². The average Bonchev–Trinajstić information content (AvgIpc) is 3.39. The van der Waals surface area contributed by atoms with E-state index in [4.69, 9.17) is 0 Å². The molecule has 2 fully saturated rings.